The van der Waals surface area contributed by atoms with Crippen molar-refractivity contribution in [1.29, 1.82) is 0 Å². The minimum atomic E-state index is -0.827. The molecule has 0 fully saturated rings. The van der Waals surface area contributed by atoms with Crippen molar-refractivity contribution >= 4 is 11.4 Å². The first-order chi connectivity index (χ1) is 14.6. The van der Waals surface area contributed by atoms with E-state index in [4.69, 9.17) is 0 Å². The number of nitrogens with one attached hydrogen (secondary N) is 4. The van der Waals surface area contributed by atoms with Gasteiger partial charge in [-0.3, -0.25) is 10.6 Å². The van der Waals surface area contributed by atoms with Gasteiger partial charge in [0.05, 0.1) is 0 Å². The monoisotopic (exact) mass is 436 g/mol. The van der Waals surface area contributed by atoms with Gasteiger partial charge in [-0.15, -0.1) is 0 Å². The molecule has 0 aliphatic heterocycles. The Morgan fingerprint density at radius 2 is 1.06 bits per heavy atom. The Labute approximate surface area is 190 Å². The lowest BCUT2D eigenvalue weighted by atomic mass is 10.0. The molecule has 0 radical (unpaired) electrons. The summed E-state index contributed by atoms with van der Waals surface area (Å²) in [4.78, 5) is 0. The van der Waals surface area contributed by atoms with Crippen molar-refractivity contribution in [1.82, 2.24) is 10.6 Å². The Morgan fingerprint density at radius 3 is 1.42 bits per heavy atom. The molecule has 0 saturated carbocycles. The third-order valence-electron chi connectivity index (χ3n) is 5.64. The summed E-state index contributed by atoms with van der Waals surface area (Å²) >= 11 is 0. The Balaban J connectivity index is 2.52. The molecule has 0 aromatic heterocycles. The summed E-state index contributed by atoms with van der Waals surface area (Å²) in [7, 11) is 0. The number of aliphatic hydroxyl groups excluding tert-OH is 2. The van der Waals surface area contributed by atoms with Crippen LogP contribution < -0.4 is 21.3 Å². The number of hydrogen-bond donors (Lipinski definition) is 6. The van der Waals surface area contributed by atoms with Gasteiger partial charge < -0.3 is 20.8 Å². The van der Waals surface area contributed by atoms with E-state index in [0.717, 1.165) is 42.6 Å². The minimum Gasteiger partial charge on any atom is -0.361 e. The molecule has 1 rings (SSSR count). The molecule has 1 aromatic rings. The summed E-state index contributed by atoms with van der Waals surface area (Å²) in [5, 5.41) is 33.5. The third-order valence-corrected chi connectivity index (χ3v) is 5.64. The van der Waals surface area contributed by atoms with Crippen LogP contribution in [0.5, 0.6) is 0 Å². The van der Waals surface area contributed by atoms with Crippen molar-refractivity contribution in [2.24, 2.45) is 11.8 Å². The average Bonchev–Trinajstić information content (AvgIpc) is 2.64. The summed E-state index contributed by atoms with van der Waals surface area (Å²) < 4.78 is 0. The first-order valence-corrected chi connectivity index (χ1v) is 12.1. The maximum Gasteiger partial charge on any atom is 0.181 e. The molecule has 0 bridgehead atoms. The van der Waals surface area contributed by atoms with Crippen molar-refractivity contribution in [2.75, 3.05) is 10.6 Å². The molecular formula is C25H48N4O2. The second-order valence-electron chi connectivity index (χ2n) is 9.86. The Bertz CT molecular complexity index is 561. The second-order valence-corrected chi connectivity index (χ2v) is 9.86. The number of anilines is 2. The maximum absolute atomic E-state index is 10.4. The smallest absolute Gasteiger partial charge is 0.181 e. The van der Waals surface area contributed by atoms with E-state index in [0.29, 0.717) is 11.8 Å². The predicted octanol–water partition coefficient (Wildman–Crippen LogP) is 4.98. The largest absolute Gasteiger partial charge is 0.361 e. The van der Waals surface area contributed by atoms with E-state index in [2.05, 4.69) is 62.8 Å². The normalized spacial score (nSPS) is 15.7. The zero-order valence-electron chi connectivity index (χ0n) is 20.8. The summed E-state index contributed by atoms with van der Waals surface area (Å²) in [6.07, 6.45) is 5.12. The van der Waals surface area contributed by atoms with Gasteiger partial charge in [0.25, 0.3) is 0 Å². The van der Waals surface area contributed by atoms with Crippen molar-refractivity contribution in [3.63, 3.8) is 0 Å². The zero-order valence-corrected chi connectivity index (χ0v) is 20.8. The van der Waals surface area contributed by atoms with Crippen LogP contribution in [0.4, 0.5) is 11.4 Å². The van der Waals surface area contributed by atoms with Crippen molar-refractivity contribution in [3.8, 4) is 0 Å². The molecule has 0 aliphatic carbocycles. The predicted molar refractivity (Wildman–Crippen MR) is 133 cm³/mol. The molecule has 0 aliphatic rings. The number of benzene rings is 1. The molecule has 180 valence electrons. The van der Waals surface area contributed by atoms with Crippen molar-refractivity contribution < 1.29 is 10.2 Å². The second kappa shape index (κ2) is 14.7. The van der Waals surface area contributed by atoms with Crippen LogP contribution in [0.3, 0.4) is 0 Å². The lowest BCUT2D eigenvalue weighted by Crippen LogP contribution is -2.42. The highest BCUT2D eigenvalue weighted by atomic mass is 16.3. The molecule has 6 N–H and O–H groups in total. The molecule has 0 spiro atoms. The molecule has 6 nitrogen and oxygen atoms in total. The molecule has 0 heterocycles. The van der Waals surface area contributed by atoms with Gasteiger partial charge in [0.2, 0.25) is 0 Å². The van der Waals surface area contributed by atoms with Crippen LogP contribution >= 0.6 is 0 Å². The first-order valence-electron chi connectivity index (χ1n) is 12.1. The fraction of sp³-hybridized carbons (Fsp3) is 0.760. The standard InChI is InChI=1S/C25H48N4O2/c1-17(2)11-8-13-19(5)26-24(30)28-22-15-10-16-23(21(22)7)29-25(31)27-20(6)14-9-12-18(3)4/h10,15-20,24-31H,8-9,11-14H2,1-7H3. The fourth-order valence-corrected chi connectivity index (χ4v) is 3.70. The van der Waals surface area contributed by atoms with E-state index >= 15 is 0 Å². The van der Waals surface area contributed by atoms with Crippen LogP contribution in [-0.2, 0) is 0 Å². The Hall–Kier alpha value is -1.34. The molecule has 0 amide bonds. The van der Waals surface area contributed by atoms with E-state index in [9.17, 15) is 10.2 Å². The van der Waals surface area contributed by atoms with Crippen molar-refractivity contribution in [3.05, 3.63) is 23.8 Å². The van der Waals surface area contributed by atoms with Crippen LogP contribution in [-0.4, -0.2) is 35.0 Å². The molecule has 31 heavy (non-hydrogen) atoms. The molecular weight excluding hydrogens is 388 g/mol. The highest BCUT2D eigenvalue weighted by Crippen LogP contribution is 2.24. The third kappa shape index (κ3) is 12.3. The number of aliphatic hydroxyl groups is 2. The summed E-state index contributed by atoms with van der Waals surface area (Å²) in [5.41, 5.74) is 2.61. The Morgan fingerprint density at radius 1 is 0.677 bits per heavy atom. The van der Waals surface area contributed by atoms with Crippen LogP contribution in [0, 0.1) is 18.8 Å². The van der Waals surface area contributed by atoms with E-state index in [1.54, 1.807) is 0 Å². The first kappa shape index (κ1) is 27.7. The van der Waals surface area contributed by atoms with Gasteiger partial charge in [0.15, 0.2) is 12.7 Å². The summed E-state index contributed by atoms with van der Waals surface area (Å²) in [5.74, 6) is 1.42. The summed E-state index contributed by atoms with van der Waals surface area (Å²) in [6, 6.07) is 6.24. The van der Waals surface area contributed by atoms with Crippen LogP contribution in [0.25, 0.3) is 0 Å². The van der Waals surface area contributed by atoms with Crippen LogP contribution in [0.1, 0.15) is 85.6 Å². The van der Waals surface area contributed by atoms with Gasteiger partial charge in [0, 0.05) is 23.5 Å². The van der Waals surface area contributed by atoms with E-state index in [1.165, 1.54) is 12.8 Å². The minimum absolute atomic E-state index is 0.228. The SMILES string of the molecule is Cc1c(NC(O)NC(C)CCCC(C)C)cccc1NC(O)NC(C)CCCC(C)C. The fourth-order valence-electron chi connectivity index (χ4n) is 3.70. The van der Waals surface area contributed by atoms with E-state index in [1.807, 2.05) is 25.1 Å². The van der Waals surface area contributed by atoms with E-state index in [-0.39, 0.29) is 12.1 Å². The average molecular weight is 437 g/mol. The summed E-state index contributed by atoms with van der Waals surface area (Å²) in [6.45, 7) is 15.1. The lowest BCUT2D eigenvalue weighted by Gasteiger charge is -2.24. The van der Waals surface area contributed by atoms with Crippen LogP contribution in [0.15, 0.2) is 18.2 Å². The van der Waals surface area contributed by atoms with Gasteiger partial charge in [-0.2, -0.15) is 0 Å². The number of hydrogen-bond acceptors (Lipinski definition) is 6. The van der Waals surface area contributed by atoms with Gasteiger partial charge in [-0.05, 0) is 63.1 Å². The highest BCUT2D eigenvalue weighted by Gasteiger charge is 2.14. The molecule has 4 atom stereocenters. The van der Waals surface area contributed by atoms with Gasteiger partial charge in [-0.25, -0.2) is 0 Å². The number of rotatable bonds is 16. The molecule has 1 aromatic carbocycles. The molecule has 0 saturated heterocycles. The van der Waals surface area contributed by atoms with Gasteiger partial charge >= 0.3 is 0 Å². The maximum atomic E-state index is 10.4. The molecule has 4 unspecified atom stereocenters. The van der Waals surface area contributed by atoms with Gasteiger partial charge in [0.1, 0.15) is 0 Å². The van der Waals surface area contributed by atoms with Crippen LogP contribution in [0.2, 0.25) is 0 Å². The molecule has 6 heteroatoms. The quantitative estimate of drug-likeness (QED) is 0.205. The van der Waals surface area contributed by atoms with E-state index < -0.39 is 12.7 Å². The van der Waals surface area contributed by atoms with Crippen molar-refractivity contribution in [2.45, 2.75) is 112 Å². The topological polar surface area (TPSA) is 88.6 Å². The highest BCUT2D eigenvalue weighted by molar-refractivity contribution is 5.65. The zero-order chi connectivity index (χ0) is 23.4. The van der Waals surface area contributed by atoms with Gasteiger partial charge in [-0.1, -0.05) is 59.4 Å². The Kier molecular flexibility index (Phi) is 13.1. The lowest BCUT2D eigenvalue weighted by molar-refractivity contribution is 0.148.